The molecule has 4 rings (SSSR count). The number of pyridine rings is 1. The smallest absolute Gasteiger partial charge is 0.260 e. The van der Waals surface area contributed by atoms with E-state index in [-0.39, 0.29) is 5.91 Å². The van der Waals surface area contributed by atoms with Crippen LogP contribution in [0.5, 0.6) is 0 Å². The van der Waals surface area contributed by atoms with Crippen molar-refractivity contribution in [3.63, 3.8) is 0 Å². The van der Waals surface area contributed by atoms with Gasteiger partial charge >= 0.3 is 0 Å². The fourth-order valence-corrected chi connectivity index (χ4v) is 3.10. The van der Waals surface area contributed by atoms with Gasteiger partial charge in [-0.2, -0.15) is 0 Å². The van der Waals surface area contributed by atoms with Crippen LogP contribution in [0.3, 0.4) is 0 Å². The molecule has 6 heteroatoms. The number of nitrogens with one attached hydrogen (secondary N) is 2. The molecule has 128 valence electrons. The largest absolute Gasteiger partial charge is 0.463 e. The fourth-order valence-electron chi connectivity index (χ4n) is 3.10. The number of hydrogen-bond donors (Lipinski definition) is 2. The lowest BCUT2D eigenvalue weighted by molar-refractivity contribution is 0.102. The van der Waals surface area contributed by atoms with Crippen molar-refractivity contribution in [1.82, 2.24) is 10.3 Å². The van der Waals surface area contributed by atoms with Crippen LogP contribution in [0, 0.1) is 6.92 Å². The number of benzene rings is 1. The van der Waals surface area contributed by atoms with E-state index < -0.39 is 0 Å². The number of anilines is 2. The molecule has 3 heterocycles. The maximum absolute atomic E-state index is 12.6. The molecule has 0 atom stereocenters. The van der Waals surface area contributed by atoms with E-state index in [1.807, 2.05) is 37.3 Å². The number of aromatic nitrogens is 1. The topological polar surface area (TPSA) is 70.4 Å². The molecule has 2 aromatic heterocycles. The minimum atomic E-state index is -0.215. The number of aryl methyl sites for hydroxylation is 1. The van der Waals surface area contributed by atoms with Crippen molar-refractivity contribution in [3.05, 3.63) is 53.9 Å². The summed E-state index contributed by atoms with van der Waals surface area (Å²) in [6.45, 7) is 5.81. The molecular formula is C19H20N4O2. The second kappa shape index (κ2) is 6.57. The van der Waals surface area contributed by atoms with E-state index >= 15 is 0 Å². The van der Waals surface area contributed by atoms with Crippen molar-refractivity contribution in [1.29, 1.82) is 0 Å². The Kier molecular flexibility index (Phi) is 4.11. The average molecular weight is 336 g/mol. The Bertz CT molecular complexity index is 913. The lowest BCUT2D eigenvalue weighted by Gasteiger charge is -2.29. The zero-order chi connectivity index (χ0) is 17.2. The van der Waals surface area contributed by atoms with Crippen molar-refractivity contribution in [2.45, 2.75) is 6.92 Å². The highest BCUT2D eigenvalue weighted by Crippen LogP contribution is 2.24. The molecule has 25 heavy (non-hydrogen) atoms. The number of hydrogen-bond acceptors (Lipinski definition) is 5. The predicted octanol–water partition coefficient (Wildman–Crippen LogP) is 2.80. The number of piperazine rings is 1. The molecule has 0 aliphatic carbocycles. The van der Waals surface area contributed by atoms with Gasteiger partial charge in [0.2, 0.25) is 0 Å². The van der Waals surface area contributed by atoms with Gasteiger partial charge in [-0.25, -0.2) is 4.98 Å². The summed E-state index contributed by atoms with van der Waals surface area (Å²) in [5.41, 5.74) is 3.40. The number of carbonyl (C=O) groups is 1. The van der Waals surface area contributed by atoms with Crippen LogP contribution in [-0.4, -0.2) is 37.1 Å². The summed E-state index contributed by atoms with van der Waals surface area (Å²) in [4.78, 5) is 19.2. The van der Waals surface area contributed by atoms with Gasteiger partial charge in [0, 0.05) is 49.5 Å². The Morgan fingerprint density at radius 2 is 2.08 bits per heavy atom. The van der Waals surface area contributed by atoms with Crippen LogP contribution < -0.4 is 15.5 Å². The van der Waals surface area contributed by atoms with Crippen molar-refractivity contribution in [3.8, 4) is 0 Å². The van der Waals surface area contributed by atoms with Crippen molar-refractivity contribution in [2.24, 2.45) is 0 Å². The third-order valence-electron chi connectivity index (χ3n) is 4.44. The summed E-state index contributed by atoms with van der Waals surface area (Å²) in [6, 6.07) is 9.69. The SMILES string of the molecule is Cc1ccc2c(C(=O)Nc3cc(N4CCNCC4)ccn3)coc2c1. The maximum atomic E-state index is 12.6. The number of furan rings is 1. The summed E-state index contributed by atoms with van der Waals surface area (Å²) in [5.74, 6) is 0.329. The highest BCUT2D eigenvalue weighted by molar-refractivity contribution is 6.12. The van der Waals surface area contributed by atoms with Crippen LogP contribution in [0.25, 0.3) is 11.0 Å². The summed E-state index contributed by atoms with van der Waals surface area (Å²) in [7, 11) is 0. The quantitative estimate of drug-likeness (QED) is 0.770. The molecule has 1 aliphatic rings. The number of carbonyl (C=O) groups excluding carboxylic acids is 1. The van der Waals surface area contributed by atoms with Gasteiger partial charge < -0.3 is 20.0 Å². The predicted molar refractivity (Wildman–Crippen MR) is 98.2 cm³/mol. The molecule has 1 saturated heterocycles. The number of nitrogens with zero attached hydrogens (tertiary/aromatic N) is 2. The first-order valence-corrected chi connectivity index (χ1v) is 8.41. The molecule has 1 aliphatic heterocycles. The first-order chi connectivity index (χ1) is 12.2. The van der Waals surface area contributed by atoms with E-state index in [1.165, 1.54) is 6.26 Å². The monoisotopic (exact) mass is 336 g/mol. The van der Waals surface area contributed by atoms with Crippen LogP contribution in [-0.2, 0) is 0 Å². The van der Waals surface area contributed by atoms with Crippen LogP contribution >= 0.6 is 0 Å². The molecule has 0 radical (unpaired) electrons. The normalized spacial score (nSPS) is 14.7. The van der Waals surface area contributed by atoms with E-state index in [4.69, 9.17) is 4.42 Å². The summed E-state index contributed by atoms with van der Waals surface area (Å²) < 4.78 is 5.51. The van der Waals surface area contributed by atoms with Crippen molar-refractivity contribution in [2.75, 3.05) is 36.4 Å². The fraction of sp³-hybridized carbons (Fsp3) is 0.263. The number of rotatable bonds is 3. The standard InChI is InChI=1S/C19H20N4O2/c1-13-2-3-15-16(12-25-17(15)10-13)19(24)22-18-11-14(4-5-21-18)23-8-6-20-7-9-23/h2-5,10-12,20H,6-9H2,1H3,(H,21,22,24). The highest BCUT2D eigenvalue weighted by Gasteiger charge is 2.16. The molecule has 1 aromatic carbocycles. The van der Waals surface area contributed by atoms with E-state index in [9.17, 15) is 4.79 Å². The lowest BCUT2D eigenvalue weighted by atomic mass is 10.1. The molecular weight excluding hydrogens is 316 g/mol. The van der Waals surface area contributed by atoms with Crippen LogP contribution in [0.15, 0.2) is 47.2 Å². The van der Waals surface area contributed by atoms with Crippen LogP contribution in [0.2, 0.25) is 0 Å². The van der Waals surface area contributed by atoms with Crippen LogP contribution in [0.1, 0.15) is 15.9 Å². The average Bonchev–Trinajstić information content (AvgIpc) is 3.06. The summed E-state index contributed by atoms with van der Waals surface area (Å²) in [6.07, 6.45) is 3.23. The van der Waals surface area contributed by atoms with Gasteiger partial charge in [-0.15, -0.1) is 0 Å². The molecule has 0 spiro atoms. The number of fused-ring (bicyclic) bond motifs is 1. The highest BCUT2D eigenvalue weighted by atomic mass is 16.3. The Balaban J connectivity index is 1.55. The van der Waals surface area contributed by atoms with Crippen molar-refractivity contribution < 1.29 is 9.21 Å². The molecule has 1 fully saturated rings. The van der Waals surface area contributed by atoms with Gasteiger partial charge in [0.25, 0.3) is 5.91 Å². The molecule has 0 unspecified atom stereocenters. The number of amides is 1. The van der Waals surface area contributed by atoms with Gasteiger partial charge in [-0.3, -0.25) is 4.79 Å². The molecule has 6 nitrogen and oxygen atoms in total. The minimum Gasteiger partial charge on any atom is -0.463 e. The third kappa shape index (κ3) is 3.21. The molecule has 0 bridgehead atoms. The van der Waals surface area contributed by atoms with Gasteiger partial charge in [0.1, 0.15) is 17.7 Å². The van der Waals surface area contributed by atoms with E-state index in [1.54, 1.807) is 6.20 Å². The molecule has 3 aromatic rings. The molecule has 0 saturated carbocycles. The third-order valence-corrected chi connectivity index (χ3v) is 4.44. The maximum Gasteiger partial charge on any atom is 0.260 e. The van der Waals surface area contributed by atoms with Crippen molar-refractivity contribution >= 4 is 28.4 Å². The Morgan fingerprint density at radius 3 is 2.92 bits per heavy atom. The van der Waals surface area contributed by atoms with Gasteiger partial charge in [0.15, 0.2) is 0 Å². The Labute approximate surface area is 145 Å². The molecule has 1 amide bonds. The Hall–Kier alpha value is -2.86. The van der Waals surface area contributed by atoms with E-state index in [0.717, 1.165) is 42.8 Å². The van der Waals surface area contributed by atoms with Gasteiger partial charge in [-0.05, 0) is 24.6 Å². The van der Waals surface area contributed by atoms with Crippen LogP contribution in [0.4, 0.5) is 11.5 Å². The van der Waals surface area contributed by atoms with Gasteiger partial charge in [0.05, 0.1) is 5.56 Å². The summed E-state index contributed by atoms with van der Waals surface area (Å²) >= 11 is 0. The summed E-state index contributed by atoms with van der Waals surface area (Å²) in [5, 5.41) is 7.02. The molecule has 2 N–H and O–H groups in total. The van der Waals surface area contributed by atoms with E-state index in [0.29, 0.717) is 17.0 Å². The first-order valence-electron chi connectivity index (χ1n) is 8.41. The Morgan fingerprint density at radius 1 is 1.24 bits per heavy atom. The first kappa shape index (κ1) is 15.7. The van der Waals surface area contributed by atoms with E-state index in [2.05, 4.69) is 20.5 Å². The van der Waals surface area contributed by atoms with Gasteiger partial charge in [-0.1, -0.05) is 12.1 Å². The lowest BCUT2D eigenvalue weighted by Crippen LogP contribution is -2.43. The second-order valence-corrected chi connectivity index (χ2v) is 6.24. The second-order valence-electron chi connectivity index (χ2n) is 6.24. The zero-order valence-corrected chi connectivity index (χ0v) is 14.1. The zero-order valence-electron chi connectivity index (χ0n) is 14.1. The minimum absolute atomic E-state index is 0.215.